The number of aromatic hydroxyl groups is 1. The van der Waals surface area contributed by atoms with E-state index < -0.39 is 10.0 Å². The van der Waals surface area contributed by atoms with E-state index in [1.807, 2.05) is 31.2 Å². The minimum atomic E-state index is -3.93. The minimum Gasteiger partial charge on any atom is -0.506 e. The Labute approximate surface area is 206 Å². The molecule has 10 heteroatoms. The SMILES string of the molecule is Cc1ccc(Oc2ccc(S(=O)(=O)Nc3cc(Sc4nc[nH]n4)c(O)c4ccccc34)cc2)cc1. The molecule has 0 aliphatic carbocycles. The van der Waals surface area contributed by atoms with Crippen LogP contribution >= 0.6 is 11.8 Å². The number of fused-ring (bicyclic) bond motifs is 1. The Balaban J connectivity index is 1.44. The summed E-state index contributed by atoms with van der Waals surface area (Å²) in [4.78, 5) is 4.56. The van der Waals surface area contributed by atoms with Crippen molar-refractivity contribution in [3.8, 4) is 17.2 Å². The lowest BCUT2D eigenvalue weighted by Gasteiger charge is -2.14. The molecule has 0 aliphatic heterocycles. The Morgan fingerprint density at radius 2 is 1.60 bits per heavy atom. The maximum absolute atomic E-state index is 13.2. The highest BCUT2D eigenvalue weighted by molar-refractivity contribution is 7.99. The van der Waals surface area contributed by atoms with Crippen molar-refractivity contribution in [1.29, 1.82) is 0 Å². The lowest BCUT2D eigenvalue weighted by Crippen LogP contribution is -2.13. The van der Waals surface area contributed by atoms with Gasteiger partial charge in [-0.2, -0.15) is 0 Å². The summed E-state index contributed by atoms with van der Waals surface area (Å²) in [5, 5.41) is 18.9. The minimum absolute atomic E-state index is 0.0240. The second kappa shape index (κ2) is 9.32. The fraction of sp³-hybridized carbons (Fsp3) is 0.0400. The summed E-state index contributed by atoms with van der Waals surface area (Å²) >= 11 is 1.12. The van der Waals surface area contributed by atoms with Crippen molar-refractivity contribution < 1.29 is 18.3 Å². The molecule has 0 unspecified atom stereocenters. The molecular formula is C25H20N4O4S2. The quantitative estimate of drug-likeness (QED) is 0.243. The molecule has 0 bridgehead atoms. The van der Waals surface area contributed by atoms with Gasteiger partial charge in [-0.15, -0.1) is 5.10 Å². The number of nitrogens with one attached hydrogen (secondary N) is 2. The average molecular weight is 505 g/mol. The largest absolute Gasteiger partial charge is 0.506 e. The topological polar surface area (TPSA) is 117 Å². The highest BCUT2D eigenvalue weighted by atomic mass is 32.2. The van der Waals surface area contributed by atoms with E-state index in [1.54, 1.807) is 42.5 Å². The molecule has 176 valence electrons. The van der Waals surface area contributed by atoms with E-state index in [4.69, 9.17) is 4.74 Å². The number of hydrogen-bond donors (Lipinski definition) is 3. The van der Waals surface area contributed by atoms with Crippen LogP contribution in [0.5, 0.6) is 17.2 Å². The summed E-state index contributed by atoms with van der Waals surface area (Å²) < 4.78 is 34.9. The molecule has 3 N–H and O–H groups in total. The first-order valence-corrected chi connectivity index (χ1v) is 12.8. The molecule has 0 saturated carbocycles. The molecule has 1 aromatic heterocycles. The second-order valence-corrected chi connectivity index (χ2v) is 10.4. The molecule has 5 aromatic rings. The van der Waals surface area contributed by atoms with Gasteiger partial charge in [-0.1, -0.05) is 42.0 Å². The van der Waals surface area contributed by atoms with Crippen LogP contribution in [0, 0.1) is 6.92 Å². The predicted molar refractivity (Wildman–Crippen MR) is 135 cm³/mol. The summed E-state index contributed by atoms with van der Waals surface area (Å²) in [6, 6.07) is 22.4. The standard InChI is InChI=1S/C25H20N4O4S2/c1-16-6-8-17(9-7-16)33-18-10-12-19(13-11-18)35(31,32)29-22-14-23(34-25-26-15-27-28-25)24(30)21-5-3-2-4-20(21)22/h2-15,29-30H,1H3,(H,26,27,28). The zero-order valence-corrected chi connectivity index (χ0v) is 20.1. The van der Waals surface area contributed by atoms with E-state index in [9.17, 15) is 13.5 Å². The molecule has 1 heterocycles. The van der Waals surface area contributed by atoms with Gasteiger partial charge in [0.2, 0.25) is 5.16 Å². The molecule has 5 rings (SSSR count). The Kier molecular flexibility index (Phi) is 6.06. The zero-order valence-electron chi connectivity index (χ0n) is 18.5. The van der Waals surface area contributed by atoms with Crippen molar-refractivity contribution in [2.45, 2.75) is 21.9 Å². The van der Waals surface area contributed by atoms with E-state index in [0.717, 1.165) is 17.3 Å². The molecule has 0 spiro atoms. The van der Waals surface area contributed by atoms with Crippen LogP contribution in [-0.2, 0) is 10.0 Å². The molecule has 0 amide bonds. The van der Waals surface area contributed by atoms with Gasteiger partial charge in [0.1, 0.15) is 23.6 Å². The summed E-state index contributed by atoms with van der Waals surface area (Å²) in [6.45, 7) is 1.99. The van der Waals surface area contributed by atoms with Crippen LogP contribution in [0.4, 0.5) is 5.69 Å². The van der Waals surface area contributed by atoms with Crippen molar-refractivity contribution in [3.05, 3.63) is 90.8 Å². The number of nitrogens with zero attached hydrogens (tertiary/aromatic N) is 2. The molecule has 8 nitrogen and oxygen atoms in total. The summed E-state index contributed by atoms with van der Waals surface area (Å²) in [6.07, 6.45) is 1.43. The van der Waals surface area contributed by atoms with E-state index >= 15 is 0 Å². The van der Waals surface area contributed by atoms with Gasteiger partial charge in [-0.3, -0.25) is 9.82 Å². The van der Waals surface area contributed by atoms with E-state index in [0.29, 0.717) is 38.0 Å². The van der Waals surface area contributed by atoms with Crippen LogP contribution in [-0.4, -0.2) is 28.7 Å². The highest BCUT2D eigenvalue weighted by Gasteiger charge is 2.19. The van der Waals surface area contributed by atoms with Gasteiger partial charge >= 0.3 is 0 Å². The normalized spacial score (nSPS) is 11.5. The van der Waals surface area contributed by atoms with Crippen LogP contribution in [0.1, 0.15) is 5.56 Å². The summed E-state index contributed by atoms with van der Waals surface area (Å²) in [7, 11) is -3.93. The van der Waals surface area contributed by atoms with E-state index in [2.05, 4.69) is 19.9 Å². The lowest BCUT2D eigenvalue weighted by atomic mass is 10.1. The summed E-state index contributed by atoms with van der Waals surface area (Å²) in [5.41, 5.74) is 1.45. The molecule has 0 aliphatic rings. The van der Waals surface area contributed by atoms with Crippen molar-refractivity contribution in [2.24, 2.45) is 0 Å². The first-order valence-electron chi connectivity index (χ1n) is 10.5. The smallest absolute Gasteiger partial charge is 0.261 e. The van der Waals surface area contributed by atoms with Gasteiger partial charge in [0.25, 0.3) is 10.0 Å². The molecule has 35 heavy (non-hydrogen) atoms. The number of phenols is 1. The van der Waals surface area contributed by atoms with E-state index in [-0.39, 0.29) is 10.6 Å². The monoisotopic (exact) mass is 504 g/mol. The van der Waals surface area contributed by atoms with E-state index in [1.165, 1.54) is 18.5 Å². The number of benzene rings is 4. The van der Waals surface area contributed by atoms with Crippen LogP contribution in [0.15, 0.2) is 100 Å². The van der Waals surface area contributed by atoms with Crippen molar-refractivity contribution >= 4 is 38.2 Å². The highest BCUT2D eigenvalue weighted by Crippen LogP contribution is 2.42. The number of rotatable bonds is 7. The molecular weight excluding hydrogens is 484 g/mol. The Morgan fingerprint density at radius 1 is 0.943 bits per heavy atom. The van der Waals surface area contributed by atoms with Gasteiger partial charge in [0, 0.05) is 10.8 Å². The number of hydrogen-bond acceptors (Lipinski definition) is 7. The third kappa shape index (κ3) is 4.93. The number of aromatic nitrogens is 3. The first kappa shape index (κ1) is 22.8. The van der Waals surface area contributed by atoms with Gasteiger partial charge < -0.3 is 9.84 Å². The van der Waals surface area contributed by atoms with Gasteiger partial charge in [-0.25, -0.2) is 13.4 Å². The van der Waals surface area contributed by atoms with Crippen LogP contribution in [0.3, 0.4) is 0 Å². The van der Waals surface area contributed by atoms with Crippen LogP contribution in [0.25, 0.3) is 10.8 Å². The molecule has 0 atom stereocenters. The maximum atomic E-state index is 13.2. The number of anilines is 1. The van der Waals surface area contributed by atoms with Gasteiger partial charge in [-0.05, 0) is 61.2 Å². The van der Waals surface area contributed by atoms with Crippen molar-refractivity contribution in [3.63, 3.8) is 0 Å². The zero-order chi connectivity index (χ0) is 24.4. The number of aromatic amines is 1. The fourth-order valence-electron chi connectivity index (χ4n) is 3.47. The van der Waals surface area contributed by atoms with Crippen LogP contribution in [0.2, 0.25) is 0 Å². The van der Waals surface area contributed by atoms with Crippen molar-refractivity contribution in [1.82, 2.24) is 15.2 Å². The number of ether oxygens (including phenoxy) is 1. The van der Waals surface area contributed by atoms with Crippen LogP contribution < -0.4 is 9.46 Å². The first-order chi connectivity index (χ1) is 16.9. The van der Waals surface area contributed by atoms with Crippen molar-refractivity contribution in [2.75, 3.05) is 4.72 Å². The maximum Gasteiger partial charge on any atom is 0.261 e. The average Bonchev–Trinajstić information content (AvgIpc) is 3.37. The summed E-state index contributed by atoms with van der Waals surface area (Å²) in [5.74, 6) is 1.21. The number of H-pyrrole nitrogens is 1. The van der Waals surface area contributed by atoms with Gasteiger partial charge in [0.05, 0.1) is 15.5 Å². The second-order valence-electron chi connectivity index (χ2n) is 7.69. The Morgan fingerprint density at radius 3 is 2.26 bits per heavy atom. The number of phenolic OH excluding ortho intramolecular Hbond substituents is 1. The molecule has 4 aromatic carbocycles. The third-order valence-corrected chi connectivity index (χ3v) is 7.50. The molecule has 0 saturated heterocycles. The Hall–Kier alpha value is -4.02. The molecule has 0 radical (unpaired) electrons. The lowest BCUT2D eigenvalue weighted by molar-refractivity contribution is 0.469. The fourth-order valence-corrected chi connectivity index (χ4v) is 5.33. The Bertz CT molecular complexity index is 1590. The third-order valence-electron chi connectivity index (χ3n) is 5.21. The number of aryl methyl sites for hydroxylation is 1. The molecule has 0 fully saturated rings. The number of sulfonamides is 1. The predicted octanol–water partition coefficient (Wildman–Crippen LogP) is 5.72. The van der Waals surface area contributed by atoms with Gasteiger partial charge in [0.15, 0.2) is 0 Å².